The lowest BCUT2D eigenvalue weighted by Gasteiger charge is -2.24. The number of aromatic nitrogens is 2. The van der Waals surface area contributed by atoms with E-state index in [9.17, 15) is 5.26 Å². The Morgan fingerprint density at radius 1 is 1.29 bits per heavy atom. The molecule has 0 saturated carbocycles. The summed E-state index contributed by atoms with van der Waals surface area (Å²) in [7, 11) is 0. The zero-order chi connectivity index (χ0) is 17.5. The van der Waals surface area contributed by atoms with Gasteiger partial charge in [0.2, 0.25) is 0 Å². The molecular formula is C19H22N4S. The van der Waals surface area contributed by atoms with Crippen molar-refractivity contribution in [2.75, 3.05) is 0 Å². The molecule has 4 nitrogen and oxygen atoms in total. The molecule has 0 spiro atoms. The molecule has 0 aliphatic carbocycles. The van der Waals surface area contributed by atoms with E-state index >= 15 is 0 Å². The fourth-order valence-corrected chi connectivity index (χ4v) is 3.88. The molecule has 0 amide bonds. The number of hydrogen-bond donors (Lipinski definition) is 1. The molecular weight excluding hydrogens is 316 g/mol. The molecule has 24 heavy (non-hydrogen) atoms. The normalized spacial score (nSPS) is 17.2. The average Bonchev–Trinajstić information content (AvgIpc) is 2.53. The first-order valence-corrected chi connectivity index (χ1v) is 9.06. The molecule has 1 aliphatic heterocycles. The summed E-state index contributed by atoms with van der Waals surface area (Å²) in [6.45, 7) is 9.46. The van der Waals surface area contributed by atoms with Crippen molar-refractivity contribution in [1.29, 1.82) is 10.7 Å². The largest absolute Gasteiger partial charge is 0.305 e. The highest BCUT2D eigenvalue weighted by Crippen LogP contribution is 2.31. The van der Waals surface area contributed by atoms with Gasteiger partial charge in [0.1, 0.15) is 17.1 Å². The molecule has 0 fully saturated rings. The van der Waals surface area contributed by atoms with Crippen LogP contribution in [0, 0.1) is 16.7 Å². The van der Waals surface area contributed by atoms with Crippen molar-refractivity contribution in [2.24, 2.45) is 0 Å². The molecule has 0 radical (unpaired) electrons. The summed E-state index contributed by atoms with van der Waals surface area (Å²) in [6.07, 6.45) is 1.00. The maximum Gasteiger partial charge on any atom is 0.170 e. The summed E-state index contributed by atoms with van der Waals surface area (Å²) in [5.41, 5.74) is 3.48. The van der Waals surface area contributed by atoms with Crippen molar-refractivity contribution in [3.8, 4) is 17.3 Å². The van der Waals surface area contributed by atoms with Gasteiger partial charge in [-0.2, -0.15) is 5.26 Å². The van der Waals surface area contributed by atoms with Crippen molar-refractivity contribution in [2.45, 2.75) is 56.5 Å². The van der Waals surface area contributed by atoms with Crippen molar-refractivity contribution >= 4 is 11.8 Å². The van der Waals surface area contributed by atoms with Crippen LogP contribution < -0.4 is 5.49 Å². The first-order valence-electron chi connectivity index (χ1n) is 8.18. The maximum atomic E-state index is 9.57. The van der Waals surface area contributed by atoms with Gasteiger partial charge in [-0.15, -0.1) is 0 Å². The van der Waals surface area contributed by atoms with E-state index in [-0.39, 0.29) is 10.9 Å². The lowest BCUT2D eigenvalue weighted by atomic mass is 9.86. The van der Waals surface area contributed by atoms with E-state index in [1.54, 1.807) is 11.8 Å². The molecule has 1 atom stereocenters. The fourth-order valence-electron chi connectivity index (χ4n) is 2.84. The minimum Gasteiger partial charge on any atom is -0.305 e. The highest BCUT2D eigenvalue weighted by atomic mass is 32.2. The highest BCUT2D eigenvalue weighted by Gasteiger charge is 2.22. The number of fused-ring (bicyclic) bond motifs is 1. The van der Waals surface area contributed by atoms with Crippen LogP contribution >= 0.6 is 11.8 Å². The molecule has 1 aliphatic rings. The van der Waals surface area contributed by atoms with Crippen LogP contribution in [0.25, 0.3) is 11.3 Å². The Kier molecular flexibility index (Phi) is 4.27. The summed E-state index contributed by atoms with van der Waals surface area (Å²) >= 11 is 1.68. The first-order chi connectivity index (χ1) is 11.3. The van der Waals surface area contributed by atoms with Gasteiger partial charge in [-0.1, -0.05) is 63.7 Å². The minimum absolute atomic E-state index is 0.0849. The van der Waals surface area contributed by atoms with E-state index < -0.39 is 0 Å². The topological polar surface area (TPSA) is 65.5 Å². The van der Waals surface area contributed by atoms with Gasteiger partial charge in [0.05, 0.1) is 5.69 Å². The van der Waals surface area contributed by atoms with Crippen molar-refractivity contribution < 1.29 is 0 Å². The quantitative estimate of drug-likeness (QED) is 0.797. The third-order valence-corrected chi connectivity index (χ3v) is 5.54. The lowest BCUT2D eigenvalue weighted by molar-refractivity contribution is 0.522. The molecule has 0 unspecified atom stereocenters. The highest BCUT2D eigenvalue weighted by molar-refractivity contribution is 7.99. The Bertz CT molecular complexity index is 866. The van der Waals surface area contributed by atoms with Gasteiger partial charge in [0, 0.05) is 17.4 Å². The van der Waals surface area contributed by atoms with E-state index in [0.29, 0.717) is 16.5 Å². The van der Waals surface area contributed by atoms with Crippen LogP contribution in [0.15, 0.2) is 29.4 Å². The zero-order valence-corrected chi connectivity index (χ0v) is 15.4. The van der Waals surface area contributed by atoms with Crippen LogP contribution in [0.5, 0.6) is 0 Å². The summed E-state index contributed by atoms with van der Waals surface area (Å²) in [4.78, 5) is 4.74. The van der Waals surface area contributed by atoms with Crippen LogP contribution in [0.3, 0.4) is 0 Å². The third-order valence-electron chi connectivity index (χ3n) is 4.38. The van der Waals surface area contributed by atoms with Gasteiger partial charge >= 0.3 is 0 Å². The first kappa shape index (κ1) is 16.8. The standard InChI is InChI=1S/C19H22N4S/c1-12-9-10-23-17(21)15(11-20)16(22-18(23)24-12)13-5-7-14(8-6-13)19(2,3)4/h5-8,12,21H,9-10H2,1-4H3/t12-/m1/s1. The summed E-state index contributed by atoms with van der Waals surface area (Å²) < 4.78 is 1.86. The number of rotatable bonds is 1. The average molecular weight is 338 g/mol. The van der Waals surface area contributed by atoms with Gasteiger partial charge < -0.3 is 4.57 Å². The predicted molar refractivity (Wildman–Crippen MR) is 96.9 cm³/mol. The second-order valence-corrected chi connectivity index (χ2v) is 8.68. The Morgan fingerprint density at radius 2 is 1.96 bits per heavy atom. The predicted octanol–water partition coefficient (Wildman–Crippen LogP) is 4.08. The molecule has 2 heterocycles. The van der Waals surface area contributed by atoms with Crippen molar-refractivity contribution in [3.63, 3.8) is 0 Å². The second kappa shape index (κ2) is 6.10. The van der Waals surface area contributed by atoms with E-state index in [1.165, 1.54) is 5.56 Å². The molecule has 1 aromatic heterocycles. The molecule has 1 N–H and O–H groups in total. The Balaban J connectivity index is 2.14. The minimum atomic E-state index is 0.0849. The number of benzene rings is 1. The number of nitriles is 1. The fraction of sp³-hybridized carbons (Fsp3) is 0.421. The number of hydrogen-bond acceptors (Lipinski definition) is 4. The van der Waals surface area contributed by atoms with Crippen LogP contribution in [0.1, 0.15) is 45.2 Å². The van der Waals surface area contributed by atoms with E-state index in [1.807, 2.05) is 16.7 Å². The molecule has 0 saturated heterocycles. The summed E-state index contributed by atoms with van der Waals surface area (Å²) in [5.74, 6) is 0. The molecule has 124 valence electrons. The monoisotopic (exact) mass is 338 g/mol. The Hall–Kier alpha value is -2.06. The smallest absolute Gasteiger partial charge is 0.170 e. The molecule has 0 bridgehead atoms. The number of nitrogens with one attached hydrogen (secondary N) is 1. The summed E-state index contributed by atoms with van der Waals surface area (Å²) in [5, 5.41) is 19.3. The van der Waals surface area contributed by atoms with Crippen LogP contribution in [-0.4, -0.2) is 14.8 Å². The Morgan fingerprint density at radius 3 is 2.54 bits per heavy atom. The summed E-state index contributed by atoms with van der Waals surface area (Å²) in [6, 6.07) is 10.4. The van der Waals surface area contributed by atoms with Crippen LogP contribution in [0.4, 0.5) is 0 Å². The van der Waals surface area contributed by atoms with Gasteiger partial charge in [0.15, 0.2) is 5.16 Å². The van der Waals surface area contributed by atoms with E-state index in [2.05, 4.69) is 45.9 Å². The van der Waals surface area contributed by atoms with Gasteiger partial charge in [0.25, 0.3) is 0 Å². The van der Waals surface area contributed by atoms with E-state index in [0.717, 1.165) is 23.7 Å². The van der Waals surface area contributed by atoms with Crippen LogP contribution in [-0.2, 0) is 12.0 Å². The second-order valence-electron chi connectivity index (χ2n) is 7.27. The molecule has 2 aromatic rings. The van der Waals surface area contributed by atoms with Gasteiger partial charge in [-0.25, -0.2) is 4.98 Å². The molecule has 1 aromatic carbocycles. The lowest BCUT2D eigenvalue weighted by Crippen LogP contribution is -2.30. The van der Waals surface area contributed by atoms with E-state index in [4.69, 9.17) is 10.4 Å². The van der Waals surface area contributed by atoms with Crippen LogP contribution in [0.2, 0.25) is 0 Å². The molecule has 5 heteroatoms. The number of nitrogens with zero attached hydrogens (tertiary/aromatic N) is 3. The maximum absolute atomic E-state index is 9.57. The van der Waals surface area contributed by atoms with Crippen molar-refractivity contribution in [1.82, 2.24) is 9.55 Å². The third kappa shape index (κ3) is 2.99. The van der Waals surface area contributed by atoms with Gasteiger partial charge in [-0.3, -0.25) is 5.41 Å². The number of thioether (sulfide) groups is 1. The van der Waals surface area contributed by atoms with Gasteiger partial charge in [-0.05, 0) is 17.4 Å². The zero-order valence-electron chi connectivity index (χ0n) is 14.6. The molecule has 3 rings (SSSR count). The SMILES string of the molecule is C[C@@H]1CCn2c(nc(-c3ccc(C(C)(C)C)cc3)c(C#N)c2=N)S1. The van der Waals surface area contributed by atoms with Crippen molar-refractivity contribution in [3.05, 3.63) is 40.9 Å². The Labute approximate surface area is 147 Å².